The minimum Gasteiger partial charge on any atom is -0.342 e. The highest BCUT2D eigenvalue weighted by Crippen LogP contribution is 2.29. The molecule has 0 aliphatic carbocycles. The maximum absolute atomic E-state index is 12.9. The lowest BCUT2D eigenvalue weighted by Crippen LogP contribution is -2.41. The first kappa shape index (κ1) is 22.2. The van der Waals surface area contributed by atoms with Crippen molar-refractivity contribution < 1.29 is 9.59 Å². The topological polar surface area (TPSA) is 99.3 Å². The van der Waals surface area contributed by atoms with Crippen molar-refractivity contribution in [2.45, 2.75) is 51.4 Å². The molecule has 32 heavy (non-hydrogen) atoms. The molecule has 0 aromatic carbocycles. The number of carbonyl (C=O) groups excluding carboxylic acids is 2. The Kier molecular flexibility index (Phi) is 6.67. The van der Waals surface area contributed by atoms with Crippen LogP contribution in [0.3, 0.4) is 0 Å². The van der Waals surface area contributed by atoms with E-state index in [0.29, 0.717) is 37.6 Å². The third-order valence-corrected chi connectivity index (χ3v) is 6.50. The molecule has 2 fully saturated rings. The Morgan fingerprint density at radius 1 is 1.09 bits per heavy atom. The SMILES string of the molecule is CC(C)C(=O)N1CCC(c2nc([C@H]3CCCN(C(=O)c4cccnc4)C3)cc(=O)[nH]2)CC1. The second-order valence-corrected chi connectivity index (χ2v) is 9.14. The van der Waals surface area contributed by atoms with Gasteiger partial charge in [0.25, 0.3) is 11.5 Å². The van der Waals surface area contributed by atoms with E-state index in [9.17, 15) is 14.4 Å². The number of hydrogen-bond acceptors (Lipinski definition) is 5. The Bertz CT molecular complexity index is 1010. The summed E-state index contributed by atoms with van der Waals surface area (Å²) in [6.07, 6.45) is 6.60. The molecule has 2 aromatic rings. The molecule has 0 radical (unpaired) electrons. The minimum atomic E-state index is -0.151. The van der Waals surface area contributed by atoms with Gasteiger partial charge in [0.2, 0.25) is 5.91 Å². The molecule has 0 saturated carbocycles. The number of pyridine rings is 1. The van der Waals surface area contributed by atoms with Gasteiger partial charge in [-0.05, 0) is 37.8 Å². The fourth-order valence-electron chi connectivity index (χ4n) is 4.71. The maximum Gasteiger partial charge on any atom is 0.255 e. The van der Waals surface area contributed by atoms with Gasteiger partial charge in [0.05, 0.1) is 11.3 Å². The van der Waals surface area contributed by atoms with E-state index < -0.39 is 0 Å². The molecule has 2 amide bonds. The van der Waals surface area contributed by atoms with Crippen molar-refractivity contribution in [2.75, 3.05) is 26.2 Å². The Labute approximate surface area is 188 Å². The molecule has 4 heterocycles. The van der Waals surface area contributed by atoms with Crippen LogP contribution in [0.1, 0.15) is 73.2 Å². The third kappa shape index (κ3) is 4.89. The molecule has 2 saturated heterocycles. The number of hydrogen-bond donors (Lipinski definition) is 1. The van der Waals surface area contributed by atoms with E-state index in [0.717, 1.165) is 31.4 Å². The van der Waals surface area contributed by atoms with Gasteiger partial charge in [0.15, 0.2) is 0 Å². The number of carbonyl (C=O) groups is 2. The maximum atomic E-state index is 12.9. The van der Waals surface area contributed by atoms with E-state index in [1.807, 2.05) is 23.6 Å². The van der Waals surface area contributed by atoms with Crippen LogP contribution in [0.4, 0.5) is 0 Å². The molecule has 4 rings (SSSR count). The average Bonchev–Trinajstić information content (AvgIpc) is 2.83. The zero-order valence-electron chi connectivity index (χ0n) is 18.8. The fraction of sp³-hybridized carbons (Fsp3) is 0.542. The van der Waals surface area contributed by atoms with Gasteiger partial charge in [-0.1, -0.05) is 13.8 Å². The van der Waals surface area contributed by atoms with Crippen LogP contribution in [-0.4, -0.2) is 62.7 Å². The normalized spacial score (nSPS) is 19.9. The van der Waals surface area contributed by atoms with Crippen molar-refractivity contribution in [1.29, 1.82) is 0 Å². The second kappa shape index (κ2) is 9.63. The molecule has 1 N–H and O–H groups in total. The summed E-state index contributed by atoms with van der Waals surface area (Å²) in [5, 5.41) is 0. The number of aromatic amines is 1. The van der Waals surface area contributed by atoms with Crippen LogP contribution in [-0.2, 0) is 4.79 Å². The number of aromatic nitrogens is 3. The Hall–Kier alpha value is -3.03. The second-order valence-electron chi connectivity index (χ2n) is 9.14. The largest absolute Gasteiger partial charge is 0.342 e. The highest BCUT2D eigenvalue weighted by Gasteiger charge is 2.29. The van der Waals surface area contributed by atoms with Crippen LogP contribution < -0.4 is 5.56 Å². The molecule has 1 atom stereocenters. The van der Waals surface area contributed by atoms with Crippen LogP contribution in [0.15, 0.2) is 35.4 Å². The molecular weight excluding hydrogens is 406 g/mol. The lowest BCUT2D eigenvalue weighted by Gasteiger charge is -2.34. The number of likely N-dealkylation sites (tertiary alicyclic amines) is 2. The molecule has 0 bridgehead atoms. The Balaban J connectivity index is 1.46. The van der Waals surface area contributed by atoms with E-state index in [1.54, 1.807) is 30.6 Å². The fourth-order valence-corrected chi connectivity index (χ4v) is 4.71. The summed E-state index contributed by atoms with van der Waals surface area (Å²) in [6.45, 7) is 6.46. The van der Waals surface area contributed by atoms with Crippen molar-refractivity contribution in [3.05, 3.63) is 58.0 Å². The minimum absolute atomic E-state index is 0.00330. The number of amides is 2. The predicted molar refractivity (Wildman–Crippen MR) is 120 cm³/mol. The van der Waals surface area contributed by atoms with Crippen molar-refractivity contribution in [3.8, 4) is 0 Å². The van der Waals surface area contributed by atoms with Gasteiger partial charge in [-0.25, -0.2) is 4.98 Å². The van der Waals surface area contributed by atoms with E-state index in [1.165, 1.54) is 0 Å². The zero-order chi connectivity index (χ0) is 22.7. The smallest absolute Gasteiger partial charge is 0.255 e. The summed E-state index contributed by atoms with van der Waals surface area (Å²) in [6, 6.07) is 5.11. The molecule has 170 valence electrons. The summed E-state index contributed by atoms with van der Waals surface area (Å²) >= 11 is 0. The molecule has 2 aliphatic heterocycles. The van der Waals surface area contributed by atoms with Crippen molar-refractivity contribution in [2.24, 2.45) is 5.92 Å². The van der Waals surface area contributed by atoms with Crippen LogP contribution in [0, 0.1) is 5.92 Å². The summed E-state index contributed by atoms with van der Waals surface area (Å²) < 4.78 is 0. The van der Waals surface area contributed by atoms with Gasteiger partial charge >= 0.3 is 0 Å². The zero-order valence-corrected chi connectivity index (χ0v) is 18.8. The van der Waals surface area contributed by atoms with E-state index >= 15 is 0 Å². The van der Waals surface area contributed by atoms with Crippen molar-refractivity contribution in [3.63, 3.8) is 0 Å². The highest BCUT2D eigenvalue weighted by molar-refractivity contribution is 5.94. The number of nitrogens with one attached hydrogen (secondary N) is 1. The summed E-state index contributed by atoms with van der Waals surface area (Å²) in [5.74, 6) is 1.02. The van der Waals surface area contributed by atoms with Crippen LogP contribution in [0.5, 0.6) is 0 Å². The van der Waals surface area contributed by atoms with E-state index in [4.69, 9.17) is 4.98 Å². The molecule has 8 heteroatoms. The molecule has 0 unspecified atom stereocenters. The van der Waals surface area contributed by atoms with Crippen LogP contribution in [0.2, 0.25) is 0 Å². The number of H-pyrrole nitrogens is 1. The molecule has 2 aliphatic rings. The van der Waals surface area contributed by atoms with Crippen LogP contribution in [0.25, 0.3) is 0 Å². The van der Waals surface area contributed by atoms with Crippen molar-refractivity contribution in [1.82, 2.24) is 24.8 Å². The molecule has 2 aromatic heterocycles. The standard InChI is InChI=1S/C24H31N5O3/c1-16(2)23(31)28-11-7-17(8-12-28)22-26-20(13-21(30)27-22)19-6-4-10-29(15-19)24(32)18-5-3-9-25-14-18/h3,5,9,13-14,16-17,19H,4,6-8,10-12,15H2,1-2H3,(H,26,27,30)/t19-/m0/s1. The van der Waals surface area contributed by atoms with Crippen LogP contribution >= 0.6 is 0 Å². The van der Waals surface area contributed by atoms with E-state index in [-0.39, 0.29) is 35.1 Å². The number of rotatable bonds is 4. The van der Waals surface area contributed by atoms with E-state index in [2.05, 4.69) is 9.97 Å². The summed E-state index contributed by atoms with van der Waals surface area (Å²) in [7, 11) is 0. The van der Waals surface area contributed by atoms with Crippen molar-refractivity contribution >= 4 is 11.8 Å². The monoisotopic (exact) mass is 437 g/mol. The summed E-state index contributed by atoms with van der Waals surface area (Å²) in [4.78, 5) is 53.1. The predicted octanol–water partition coefficient (Wildman–Crippen LogP) is 2.55. The Morgan fingerprint density at radius 2 is 1.88 bits per heavy atom. The van der Waals surface area contributed by atoms with Gasteiger partial charge in [-0.2, -0.15) is 0 Å². The first-order valence-corrected chi connectivity index (χ1v) is 11.5. The average molecular weight is 438 g/mol. The highest BCUT2D eigenvalue weighted by atomic mass is 16.2. The third-order valence-electron chi connectivity index (χ3n) is 6.50. The lowest BCUT2D eigenvalue weighted by atomic mass is 9.92. The first-order valence-electron chi connectivity index (χ1n) is 11.5. The number of nitrogens with zero attached hydrogens (tertiary/aromatic N) is 4. The van der Waals surface area contributed by atoms with Gasteiger partial charge in [-0.3, -0.25) is 19.4 Å². The lowest BCUT2D eigenvalue weighted by molar-refractivity contribution is -0.135. The summed E-state index contributed by atoms with van der Waals surface area (Å²) in [5.41, 5.74) is 1.19. The Morgan fingerprint density at radius 3 is 2.56 bits per heavy atom. The first-order chi connectivity index (χ1) is 15.4. The van der Waals surface area contributed by atoms with Gasteiger partial charge < -0.3 is 14.8 Å². The molecule has 0 spiro atoms. The van der Waals surface area contributed by atoms with Gasteiger partial charge in [-0.15, -0.1) is 0 Å². The van der Waals surface area contributed by atoms with Gasteiger partial charge in [0.1, 0.15) is 5.82 Å². The molecular formula is C24H31N5O3. The quantitative estimate of drug-likeness (QED) is 0.792. The van der Waals surface area contributed by atoms with Gasteiger partial charge in [0, 0.05) is 62.4 Å². The number of piperidine rings is 2. The molecule has 8 nitrogen and oxygen atoms in total.